The predicted molar refractivity (Wildman–Crippen MR) is 69.9 cm³/mol. The first-order chi connectivity index (χ1) is 8.70. The highest BCUT2D eigenvalue weighted by molar-refractivity contribution is 5.83. The summed E-state index contributed by atoms with van der Waals surface area (Å²) in [6.07, 6.45) is 3.11. The number of hydrogen-bond acceptors (Lipinski definition) is 3. The Balaban J connectivity index is 1.89. The number of ether oxygens (including phenoxy) is 1. The Hall–Kier alpha value is -1.39. The average Bonchev–Trinajstić information content (AvgIpc) is 2.86. The molecule has 1 aromatic rings. The molecule has 18 heavy (non-hydrogen) atoms. The molecule has 0 bridgehead atoms. The number of hydrogen-bond donors (Lipinski definition) is 2. The fourth-order valence-electron chi connectivity index (χ4n) is 2.39. The van der Waals surface area contributed by atoms with Gasteiger partial charge in [-0.15, -0.1) is 0 Å². The van der Waals surface area contributed by atoms with Gasteiger partial charge >= 0.3 is 0 Å². The average molecular weight is 248 g/mol. The molecule has 1 fully saturated rings. The van der Waals surface area contributed by atoms with Crippen LogP contribution >= 0.6 is 0 Å². The van der Waals surface area contributed by atoms with Gasteiger partial charge < -0.3 is 15.8 Å². The Morgan fingerprint density at radius 2 is 2.11 bits per heavy atom. The quantitative estimate of drug-likeness (QED) is 0.846. The van der Waals surface area contributed by atoms with Crippen molar-refractivity contribution in [3.8, 4) is 0 Å². The summed E-state index contributed by atoms with van der Waals surface area (Å²) in [5, 5.41) is 3.00. The Morgan fingerprint density at radius 1 is 1.39 bits per heavy atom. The van der Waals surface area contributed by atoms with Crippen molar-refractivity contribution in [2.75, 3.05) is 7.11 Å². The number of carbonyl (C=O) groups is 1. The van der Waals surface area contributed by atoms with Gasteiger partial charge in [0.05, 0.1) is 6.10 Å². The summed E-state index contributed by atoms with van der Waals surface area (Å²) in [5.41, 5.74) is 6.78. The molecule has 0 radical (unpaired) electrons. The predicted octanol–water partition coefficient (Wildman–Crippen LogP) is 1.37. The van der Waals surface area contributed by atoms with E-state index in [9.17, 15) is 4.79 Å². The van der Waals surface area contributed by atoms with Crippen molar-refractivity contribution in [1.29, 1.82) is 0 Å². The van der Waals surface area contributed by atoms with Gasteiger partial charge in [0, 0.05) is 13.2 Å². The molecule has 2 unspecified atom stereocenters. The number of methoxy groups -OCH3 is 1. The lowest BCUT2D eigenvalue weighted by Gasteiger charge is -2.17. The Bertz CT molecular complexity index is 394. The molecule has 0 aromatic heterocycles. The van der Waals surface area contributed by atoms with Gasteiger partial charge in [0.2, 0.25) is 5.91 Å². The first kappa shape index (κ1) is 13.1. The smallest absolute Gasteiger partial charge is 0.241 e. The van der Waals surface area contributed by atoms with Crippen LogP contribution in [0.2, 0.25) is 0 Å². The van der Waals surface area contributed by atoms with E-state index < -0.39 is 6.04 Å². The topological polar surface area (TPSA) is 64.3 Å². The standard InChI is InChI=1S/C14H20N2O2/c1-18-12-8-7-11(9-12)16-14(17)13(15)10-5-3-2-4-6-10/h2-6,11-13H,7-9,15H2,1H3,(H,16,17)/t11?,12?,13-/m0/s1. The first-order valence-corrected chi connectivity index (χ1v) is 6.34. The van der Waals surface area contributed by atoms with Gasteiger partial charge in [0.25, 0.3) is 0 Å². The van der Waals surface area contributed by atoms with Crippen LogP contribution in [0.1, 0.15) is 30.9 Å². The summed E-state index contributed by atoms with van der Waals surface area (Å²) >= 11 is 0. The number of rotatable bonds is 4. The molecule has 3 N–H and O–H groups in total. The molecule has 98 valence electrons. The second kappa shape index (κ2) is 5.98. The van der Waals surface area contributed by atoms with Crippen LogP contribution in [0.25, 0.3) is 0 Å². The van der Waals surface area contributed by atoms with E-state index in [0.29, 0.717) is 0 Å². The minimum absolute atomic E-state index is 0.108. The molecule has 1 amide bonds. The zero-order chi connectivity index (χ0) is 13.0. The Morgan fingerprint density at radius 3 is 2.72 bits per heavy atom. The molecular formula is C14H20N2O2. The number of carbonyl (C=O) groups excluding carboxylic acids is 1. The van der Waals surface area contributed by atoms with Gasteiger partial charge in [-0.1, -0.05) is 30.3 Å². The lowest BCUT2D eigenvalue weighted by Crippen LogP contribution is -2.39. The van der Waals surface area contributed by atoms with Gasteiger partial charge in [-0.3, -0.25) is 4.79 Å². The van der Waals surface area contributed by atoms with E-state index in [2.05, 4.69) is 5.32 Å². The molecule has 1 aliphatic carbocycles. The molecule has 1 saturated carbocycles. The highest BCUT2D eigenvalue weighted by atomic mass is 16.5. The third-order valence-electron chi connectivity index (χ3n) is 3.51. The van der Waals surface area contributed by atoms with E-state index >= 15 is 0 Å². The molecule has 2 rings (SSSR count). The summed E-state index contributed by atoms with van der Waals surface area (Å²) in [5.74, 6) is -0.108. The zero-order valence-electron chi connectivity index (χ0n) is 10.6. The number of amides is 1. The van der Waals surface area contributed by atoms with Crippen LogP contribution < -0.4 is 11.1 Å². The van der Waals surface area contributed by atoms with E-state index in [-0.39, 0.29) is 18.1 Å². The third kappa shape index (κ3) is 3.09. The Kier molecular flexibility index (Phi) is 4.33. The molecule has 1 aromatic carbocycles. The summed E-state index contributed by atoms with van der Waals surface area (Å²) in [6.45, 7) is 0. The van der Waals surface area contributed by atoms with Crippen LogP contribution in [0.4, 0.5) is 0 Å². The van der Waals surface area contributed by atoms with Crippen LogP contribution in [-0.4, -0.2) is 25.2 Å². The second-order valence-corrected chi connectivity index (χ2v) is 4.76. The fourth-order valence-corrected chi connectivity index (χ4v) is 2.39. The van der Waals surface area contributed by atoms with Gasteiger partial charge in [0.1, 0.15) is 6.04 Å². The molecule has 1 aliphatic rings. The van der Waals surface area contributed by atoms with Crippen molar-refractivity contribution in [2.45, 2.75) is 37.5 Å². The largest absolute Gasteiger partial charge is 0.381 e. The van der Waals surface area contributed by atoms with Gasteiger partial charge in [0.15, 0.2) is 0 Å². The highest BCUT2D eigenvalue weighted by Gasteiger charge is 2.27. The monoisotopic (exact) mass is 248 g/mol. The number of benzene rings is 1. The molecular weight excluding hydrogens is 228 g/mol. The van der Waals surface area contributed by atoms with Crippen LogP contribution in [0.5, 0.6) is 0 Å². The maximum atomic E-state index is 12.0. The number of nitrogens with one attached hydrogen (secondary N) is 1. The second-order valence-electron chi connectivity index (χ2n) is 4.76. The summed E-state index contributed by atoms with van der Waals surface area (Å²) < 4.78 is 5.29. The van der Waals surface area contributed by atoms with Crippen LogP contribution in [0.15, 0.2) is 30.3 Å². The van der Waals surface area contributed by atoms with Crippen molar-refractivity contribution in [3.63, 3.8) is 0 Å². The molecule has 4 heteroatoms. The van der Waals surface area contributed by atoms with E-state index in [0.717, 1.165) is 24.8 Å². The first-order valence-electron chi connectivity index (χ1n) is 6.34. The van der Waals surface area contributed by atoms with E-state index in [1.54, 1.807) is 7.11 Å². The molecule has 0 heterocycles. The molecule has 3 atom stereocenters. The van der Waals surface area contributed by atoms with Gasteiger partial charge in [-0.25, -0.2) is 0 Å². The SMILES string of the molecule is COC1CCC(NC(=O)[C@@H](N)c2ccccc2)C1. The van der Waals surface area contributed by atoms with E-state index in [4.69, 9.17) is 10.5 Å². The molecule has 0 aliphatic heterocycles. The molecule has 0 spiro atoms. The lowest BCUT2D eigenvalue weighted by atomic mass is 10.1. The van der Waals surface area contributed by atoms with Crippen molar-refractivity contribution < 1.29 is 9.53 Å². The molecule has 4 nitrogen and oxygen atoms in total. The van der Waals surface area contributed by atoms with Crippen molar-refractivity contribution in [2.24, 2.45) is 5.73 Å². The maximum absolute atomic E-state index is 12.0. The minimum Gasteiger partial charge on any atom is -0.381 e. The summed E-state index contributed by atoms with van der Waals surface area (Å²) in [7, 11) is 1.71. The van der Waals surface area contributed by atoms with Crippen molar-refractivity contribution >= 4 is 5.91 Å². The number of nitrogens with two attached hydrogens (primary N) is 1. The Labute approximate surface area is 108 Å². The van der Waals surface area contributed by atoms with E-state index in [1.165, 1.54) is 0 Å². The minimum atomic E-state index is -0.590. The zero-order valence-corrected chi connectivity index (χ0v) is 10.6. The fraction of sp³-hybridized carbons (Fsp3) is 0.500. The van der Waals surface area contributed by atoms with Crippen LogP contribution in [0, 0.1) is 0 Å². The van der Waals surface area contributed by atoms with Gasteiger partial charge in [-0.2, -0.15) is 0 Å². The van der Waals surface area contributed by atoms with Gasteiger partial charge in [-0.05, 0) is 24.8 Å². The summed E-state index contributed by atoms with van der Waals surface area (Å²) in [6, 6.07) is 9.03. The molecule has 0 saturated heterocycles. The normalized spacial score (nSPS) is 24.8. The van der Waals surface area contributed by atoms with E-state index in [1.807, 2.05) is 30.3 Å². The van der Waals surface area contributed by atoms with Crippen LogP contribution in [0.3, 0.4) is 0 Å². The van der Waals surface area contributed by atoms with Crippen LogP contribution in [-0.2, 0) is 9.53 Å². The summed E-state index contributed by atoms with van der Waals surface area (Å²) in [4.78, 5) is 12.0. The van der Waals surface area contributed by atoms with Crippen molar-refractivity contribution in [1.82, 2.24) is 5.32 Å². The third-order valence-corrected chi connectivity index (χ3v) is 3.51. The maximum Gasteiger partial charge on any atom is 0.241 e. The van der Waals surface area contributed by atoms with Crippen molar-refractivity contribution in [3.05, 3.63) is 35.9 Å². The highest BCUT2D eigenvalue weighted by Crippen LogP contribution is 2.22. The lowest BCUT2D eigenvalue weighted by molar-refractivity contribution is -0.123.